The molecule has 0 saturated heterocycles. The van der Waals surface area contributed by atoms with Crippen LogP contribution in [0.1, 0.15) is 38.6 Å². The molecule has 0 aliphatic carbocycles. The van der Waals surface area contributed by atoms with Gasteiger partial charge in [-0.2, -0.15) is 0 Å². The largest absolute Gasteiger partial charge is 0.392 e. The van der Waals surface area contributed by atoms with Gasteiger partial charge < -0.3 is 10.4 Å². The molecule has 0 saturated carbocycles. The number of nitrogens with zero attached hydrogens (tertiary/aromatic N) is 2. The highest BCUT2D eigenvalue weighted by Crippen LogP contribution is 2.29. The molecule has 1 aromatic rings. The lowest BCUT2D eigenvalue weighted by Crippen LogP contribution is -2.16. The molecule has 1 heterocycles. The van der Waals surface area contributed by atoms with Crippen molar-refractivity contribution in [3.05, 3.63) is 11.4 Å². The fraction of sp³-hybridized carbons (Fsp3) is 0.692. The van der Waals surface area contributed by atoms with Gasteiger partial charge in [-0.15, -0.1) is 11.8 Å². The lowest BCUT2D eigenvalue weighted by molar-refractivity contribution is 0.196. The third-order valence-corrected chi connectivity index (χ3v) is 4.12. The molecule has 0 radical (unpaired) electrons. The van der Waals surface area contributed by atoms with E-state index in [1.165, 1.54) is 0 Å². The molecule has 5 heteroatoms. The number of anilines is 1. The van der Waals surface area contributed by atoms with Crippen LogP contribution in [0.15, 0.2) is 5.03 Å². The van der Waals surface area contributed by atoms with Gasteiger partial charge in [0.05, 0.1) is 6.10 Å². The number of aliphatic hydroxyl groups excluding tert-OH is 1. The van der Waals surface area contributed by atoms with Crippen LogP contribution in [0.4, 0.5) is 5.82 Å². The van der Waals surface area contributed by atoms with E-state index in [1.807, 2.05) is 20.8 Å². The maximum absolute atomic E-state index is 9.57. The van der Waals surface area contributed by atoms with Crippen LogP contribution in [0, 0.1) is 13.8 Å². The van der Waals surface area contributed by atoms with E-state index < -0.39 is 0 Å². The zero-order valence-electron chi connectivity index (χ0n) is 11.8. The van der Waals surface area contributed by atoms with E-state index in [2.05, 4.69) is 22.2 Å². The van der Waals surface area contributed by atoms with Crippen molar-refractivity contribution in [1.82, 2.24) is 9.97 Å². The third-order valence-electron chi connectivity index (χ3n) is 2.73. The number of hydrogen-bond acceptors (Lipinski definition) is 5. The quantitative estimate of drug-likeness (QED) is 0.614. The molecule has 0 aliphatic rings. The molecule has 18 heavy (non-hydrogen) atoms. The Bertz CT molecular complexity index is 396. The zero-order chi connectivity index (χ0) is 13.7. The average molecular weight is 269 g/mol. The molecule has 0 spiro atoms. The van der Waals surface area contributed by atoms with Crippen LogP contribution in [0.2, 0.25) is 0 Å². The first-order chi connectivity index (χ1) is 8.45. The van der Waals surface area contributed by atoms with E-state index in [-0.39, 0.29) is 11.4 Å². The van der Waals surface area contributed by atoms with Crippen LogP contribution in [0.25, 0.3) is 0 Å². The van der Waals surface area contributed by atoms with Gasteiger partial charge in [-0.05, 0) is 27.2 Å². The van der Waals surface area contributed by atoms with Gasteiger partial charge in [0, 0.05) is 17.4 Å². The molecule has 2 N–H and O–H groups in total. The van der Waals surface area contributed by atoms with Crippen LogP contribution < -0.4 is 5.32 Å². The molecule has 0 aliphatic heterocycles. The highest BCUT2D eigenvalue weighted by atomic mass is 32.2. The minimum absolute atomic E-state index is 0.122. The van der Waals surface area contributed by atoms with Gasteiger partial charge in [0.1, 0.15) is 16.7 Å². The molecule has 102 valence electrons. The van der Waals surface area contributed by atoms with Crippen molar-refractivity contribution in [3.8, 4) is 0 Å². The summed E-state index contributed by atoms with van der Waals surface area (Å²) >= 11 is 1.60. The van der Waals surface area contributed by atoms with Crippen molar-refractivity contribution in [2.24, 2.45) is 0 Å². The average Bonchev–Trinajstić information content (AvgIpc) is 2.31. The topological polar surface area (TPSA) is 58.0 Å². The first-order valence-electron chi connectivity index (χ1n) is 6.39. The maximum atomic E-state index is 9.57. The molecular weight excluding hydrogens is 246 g/mol. The minimum atomic E-state index is -0.350. The lowest BCUT2D eigenvalue weighted by atomic mass is 10.3. The van der Waals surface area contributed by atoms with E-state index in [4.69, 9.17) is 0 Å². The lowest BCUT2D eigenvalue weighted by Gasteiger charge is -2.17. The smallest absolute Gasteiger partial charge is 0.133 e. The predicted molar refractivity (Wildman–Crippen MR) is 77.3 cm³/mol. The van der Waals surface area contributed by atoms with E-state index in [0.29, 0.717) is 0 Å². The van der Waals surface area contributed by atoms with Crippen LogP contribution in [-0.2, 0) is 0 Å². The van der Waals surface area contributed by atoms with Crippen molar-refractivity contribution in [2.45, 2.75) is 57.4 Å². The number of aromatic nitrogens is 2. The summed E-state index contributed by atoms with van der Waals surface area (Å²) in [5.74, 6) is 1.67. The molecule has 2 atom stereocenters. The second-order valence-corrected chi connectivity index (χ2v) is 5.91. The van der Waals surface area contributed by atoms with Crippen molar-refractivity contribution >= 4 is 17.6 Å². The molecule has 0 bridgehead atoms. The monoisotopic (exact) mass is 269 g/mol. The van der Waals surface area contributed by atoms with Gasteiger partial charge in [0.25, 0.3) is 0 Å². The van der Waals surface area contributed by atoms with Crippen LogP contribution >= 0.6 is 11.8 Å². The van der Waals surface area contributed by atoms with Crippen LogP contribution in [0.3, 0.4) is 0 Å². The summed E-state index contributed by atoms with van der Waals surface area (Å²) in [5, 5.41) is 14.0. The summed E-state index contributed by atoms with van der Waals surface area (Å²) in [7, 11) is 0. The zero-order valence-corrected chi connectivity index (χ0v) is 12.6. The number of thioether (sulfide) groups is 1. The third kappa shape index (κ3) is 4.14. The number of hydrogen-bond donors (Lipinski definition) is 2. The number of aryl methyl sites for hydroxylation is 1. The van der Waals surface area contributed by atoms with Gasteiger partial charge >= 0.3 is 0 Å². The Labute approximate surface area is 114 Å². The predicted octanol–water partition coefficient (Wildman–Crippen LogP) is 2.78. The molecule has 0 fully saturated rings. The van der Waals surface area contributed by atoms with Gasteiger partial charge in [0.15, 0.2) is 0 Å². The Morgan fingerprint density at radius 1 is 1.28 bits per heavy atom. The highest BCUT2D eigenvalue weighted by molar-refractivity contribution is 7.99. The summed E-state index contributed by atoms with van der Waals surface area (Å²) in [4.78, 5) is 8.89. The summed E-state index contributed by atoms with van der Waals surface area (Å²) in [5.41, 5.74) is 1.06. The summed E-state index contributed by atoms with van der Waals surface area (Å²) < 4.78 is 0. The van der Waals surface area contributed by atoms with Crippen molar-refractivity contribution < 1.29 is 5.11 Å². The van der Waals surface area contributed by atoms with Crippen LogP contribution in [0.5, 0.6) is 0 Å². The Kier molecular flexibility index (Phi) is 5.88. The number of rotatable bonds is 6. The van der Waals surface area contributed by atoms with E-state index in [1.54, 1.807) is 18.7 Å². The highest BCUT2D eigenvalue weighted by Gasteiger charge is 2.15. The van der Waals surface area contributed by atoms with Gasteiger partial charge in [-0.1, -0.05) is 13.8 Å². The summed E-state index contributed by atoms with van der Waals surface area (Å²) in [6, 6.07) is 0. The molecular formula is C13H23N3OS. The Morgan fingerprint density at radius 3 is 2.50 bits per heavy atom. The van der Waals surface area contributed by atoms with E-state index in [9.17, 15) is 5.11 Å². The van der Waals surface area contributed by atoms with Gasteiger partial charge in [-0.3, -0.25) is 0 Å². The molecule has 0 aromatic carbocycles. The summed E-state index contributed by atoms with van der Waals surface area (Å²) in [6.45, 7) is 10.8. The molecule has 1 aromatic heterocycles. The van der Waals surface area contributed by atoms with Gasteiger partial charge in [0.2, 0.25) is 0 Å². The molecule has 4 nitrogen and oxygen atoms in total. The van der Waals surface area contributed by atoms with Crippen molar-refractivity contribution in [2.75, 3.05) is 11.9 Å². The van der Waals surface area contributed by atoms with Crippen molar-refractivity contribution in [3.63, 3.8) is 0 Å². The standard InChI is InChI=1S/C13H23N3OS/c1-6-7-14-12-8(2)13(16-11(5)15-12)18-10(4)9(3)17/h9-10,17H,6-7H2,1-5H3,(H,14,15,16). The first kappa shape index (κ1) is 15.2. The molecule has 1 rings (SSSR count). The summed E-state index contributed by atoms with van der Waals surface area (Å²) in [6.07, 6.45) is 0.714. The Morgan fingerprint density at radius 2 is 1.94 bits per heavy atom. The fourth-order valence-electron chi connectivity index (χ4n) is 1.41. The number of nitrogens with one attached hydrogen (secondary N) is 1. The second kappa shape index (κ2) is 6.95. The second-order valence-electron chi connectivity index (χ2n) is 4.54. The molecule has 2 unspecified atom stereocenters. The van der Waals surface area contributed by atoms with E-state index >= 15 is 0 Å². The van der Waals surface area contributed by atoms with E-state index in [0.717, 1.165) is 35.2 Å². The minimum Gasteiger partial charge on any atom is -0.392 e. The number of aliphatic hydroxyl groups is 1. The normalized spacial score (nSPS) is 14.3. The Hall–Kier alpha value is -0.810. The van der Waals surface area contributed by atoms with Gasteiger partial charge in [-0.25, -0.2) is 9.97 Å². The molecule has 0 amide bonds. The fourth-order valence-corrected chi connectivity index (χ4v) is 2.41. The Balaban J connectivity index is 2.93. The first-order valence-corrected chi connectivity index (χ1v) is 7.27. The van der Waals surface area contributed by atoms with Crippen molar-refractivity contribution in [1.29, 1.82) is 0 Å². The maximum Gasteiger partial charge on any atom is 0.133 e. The SMILES string of the molecule is CCCNc1nc(C)nc(SC(C)C(C)O)c1C. The van der Waals surface area contributed by atoms with Crippen LogP contribution in [-0.4, -0.2) is 33.0 Å².